The first kappa shape index (κ1) is 43.8. The molecule has 4 atom stereocenters. The van der Waals surface area contributed by atoms with Crippen LogP contribution in [0.25, 0.3) is 0 Å². The van der Waals surface area contributed by atoms with Crippen LogP contribution >= 0.6 is 33.0 Å². The molecule has 0 aliphatic carbocycles. The molecule has 4 unspecified atom stereocenters. The molecular formula is C4H8Na4O14P4+4. The summed E-state index contributed by atoms with van der Waals surface area (Å²) < 4.78 is 54.3. The monoisotopic (exact) mass is 496 g/mol. The molecule has 0 amide bonds. The Labute approximate surface area is 239 Å². The number of hydrogen-bond donors (Lipinski definition) is 2. The van der Waals surface area contributed by atoms with E-state index in [1.807, 2.05) is 0 Å². The molecule has 2 N–H and O–H groups in total. The van der Waals surface area contributed by atoms with E-state index in [4.69, 9.17) is 10.2 Å². The van der Waals surface area contributed by atoms with Gasteiger partial charge in [0.25, 0.3) is 12.6 Å². The summed E-state index contributed by atoms with van der Waals surface area (Å²) in [6, 6.07) is 0. The third-order valence-electron chi connectivity index (χ3n) is 1.11. The summed E-state index contributed by atoms with van der Waals surface area (Å²) in [4.78, 5) is 39.1. The minimum atomic E-state index is -3.23. The first-order valence-corrected chi connectivity index (χ1v) is 8.96. The third kappa shape index (κ3) is 35.4. The maximum absolute atomic E-state index is 9.78. The molecule has 0 saturated carbocycles. The average Bonchev–Trinajstić information content (AvgIpc) is 2.35. The molecule has 22 heteroatoms. The standard InChI is InChI=1S/2C2H4O7P2.4Na/c2*3-1-2(8-10(4)5)9-11(6)7;;;;/h2*2-3H,1H2;;;;/q;;4*+1. The van der Waals surface area contributed by atoms with Crippen molar-refractivity contribution in [3.63, 3.8) is 0 Å². The van der Waals surface area contributed by atoms with Gasteiger partial charge in [-0.15, -0.1) is 18.1 Å². The Balaban J connectivity index is -0.0000000667. The Bertz CT molecular complexity index is 333. The van der Waals surface area contributed by atoms with E-state index in [0.29, 0.717) is 0 Å². The van der Waals surface area contributed by atoms with E-state index in [-0.39, 0.29) is 118 Å². The van der Waals surface area contributed by atoms with Gasteiger partial charge in [0.15, 0.2) is 0 Å². The van der Waals surface area contributed by atoms with Gasteiger partial charge in [-0.25, -0.2) is 0 Å². The average molecular weight is 496 g/mol. The zero-order valence-electron chi connectivity index (χ0n) is 14.2. The summed E-state index contributed by atoms with van der Waals surface area (Å²) >= 11 is 0. The van der Waals surface area contributed by atoms with E-state index >= 15 is 0 Å². The fourth-order valence-corrected chi connectivity index (χ4v) is 1.90. The van der Waals surface area contributed by atoms with Crippen LogP contribution < -0.4 is 138 Å². The van der Waals surface area contributed by atoms with Crippen LogP contribution in [0.3, 0.4) is 0 Å². The quantitative estimate of drug-likeness (QED) is 0.162. The molecular weight excluding hydrogens is 488 g/mol. The van der Waals surface area contributed by atoms with Crippen LogP contribution in [0, 0.1) is 0 Å². The maximum Gasteiger partial charge on any atom is 1.00 e. The third-order valence-corrected chi connectivity index (χ3v) is 2.74. The molecule has 0 fully saturated rings. The first-order valence-electron chi connectivity index (χ1n) is 4.58. The van der Waals surface area contributed by atoms with Crippen molar-refractivity contribution in [3.8, 4) is 0 Å². The van der Waals surface area contributed by atoms with Crippen molar-refractivity contribution in [1.29, 1.82) is 0 Å². The second-order valence-electron chi connectivity index (χ2n) is 2.54. The van der Waals surface area contributed by atoms with Crippen LogP contribution in [0.1, 0.15) is 0 Å². The Morgan fingerprint density at radius 3 is 0.808 bits per heavy atom. The molecule has 0 spiro atoms. The minimum absolute atomic E-state index is 0. The predicted molar refractivity (Wildman–Crippen MR) is 56.5 cm³/mol. The molecule has 0 radical (unpaired) electrons. The number of aliphatic hydroxyl groups is 2. The van der Waals surface area contributed by atoms with E-state index < -0.39 is 58.8 Å². The molecule has 0 heterocycles. The van der Waals surface area contributed by atoms with Crippen LogP contribution in [0.15, 0.2) is 0 Å². The van der Waals surface area contributed by atoms with E-state index in [0.717, 1.165) is 0 Å². The fourth-order valence-electron chi connectivity index (χ4n) is 0.556. The van der Waals surface area contributed by atoms with Gasteiger partial charge in [-0.05, 0) is 18.3 Å². The van der Waals surface area contributed by atoms with E-state index in [9.17, 15) is 37.8 Å². The second kappa shape index (κ2) is 29.0. The van der Waals surface area contributed by atoms with Crippen LogP contribution in [-0.2, 0) is 36.4 Å². The van der Waals surface area contributed by atoms with E-state index in [2.05, 4.69) is 18.1 Å². The van der Waals surface area contributed by atoms with Crippen molar-refractivity contribution in [3.05, 3.63) is 0 Å². The van der Waals surface area contributed by atoms with Gasteiger partial charge in [0.2, 0.25) is 0 Å². The molecule has 128 valence electrons. The number of rotatable bonds is 10. The van der Waals surface area contributed by atoms with Crippen LogP contribution in [0.4, 0.5) is 0 Å². The SMILES string of the molecule is O=[P+]([O-])OC(CO)O[P+](=O)[O-].O=[P+]([O-])OC(CO)O[P+](=O)[O-].[Na+].[Na+].[Na+].[Na+]. The molecule has 0 rings (SSSR count). The number of hydrogen-bond acceptors (Lipinski definition) is 14. The Hall–Kier alpha value is 4.00. The molecule has 0 bridgehead atoms. The molecule has 0 aromatic carbocycles. The van der Waals surface area contributed by atoms with Gasteiger partial charge in [-0.1, -0.05) is 0 Å². The normalized spacial score (nSPS) is 13.5. The zero-order valence-corrected chi connectivity index (χ0v) is 25.7. The Morgan fingerprint density at radius 1 is 0.577 bits per heavy atom. The fraction of sp³-hybridized carbons (Fsp3) is 1.00. The van der Waals surface area contributed by atoms with Gasteiger partial charge in [0.1, 0.15) is 13.2 Å². The Morgan fingerprint density at radius 2 is 0.731 bits per heavy atom. The summed E-state index contributed by atoms with van der Waals surface area (Å²) in [7, 11) is -12.9. The van der Waals surface area contributed by atoms with Crippen molar-refractivity contribution in [2.45, 2.75) is 12.6 Å². The van der Waals surface area contributed by atoms with Crippen molar-refractivity contribution in [2.75, 3.05) is 13.2 Å². The van der Waals surface area contributed by atoms with Gasteiger partial charge in [0.05, 0.1) is 0 Å². The topological polar surface area (TPSA) is 238 Å². The molecule has 0 aliphatic heterocycles. The summed E-state index contributed by atoms with van der Waals surface area (Å²) in [6.45, 7) is -1.71. The van der Waals surface area contributed by atoms with Gasteiger partial charge >= 0.3 is 151 Å². The second-order valence-corrected chi connectivity index (χ2v) is 5.17. The maximum atomic E-state index is 9.78. The first-order chi connectivity index (χ1) is 10.1. The van der Waals surface area contributed by atoms with Crippen LogP contribution in [0.2, 0.25) is 0 Å². The smallest absolute Gasteiger partial charge is 0.566 e. The largest absolute Gasteiger partial charge is 1.00 e. The van der Waals surface area contributed by atoms with E-state index in [1.54, 1.807) is 0 Å². The molecule has 14 nitrogen and oxygen atoms in total. The van der Waals surface area contributed by atoms with Crippen molar-refractivity contribution >= 4 is 33.0 Å². The van der Waals surface area contributed by atoms with Gasteiger partial charge in [-0.2, -0.15) is 0 Å². The van der Waals surface area contributed by atoms with Crippen molar-refractivity contribution < 1.29 is 184 Å². The number of aliphatic hydroxyl groups excluding tert-OH is 2. The van der Waals surface area contributed by atoms with Gasteiger partial charge in [0, 0.05) is 0 Å². The van der Waals surface area contributed by atoms with Gasteiger partial charge < -0.3 is 29.8 Å². The molecule has 0 aliphatic rings. The minimum Gasteiger partial charge on any atom is -0.566 e. The predicted octanol–water partition coefficient (Wildman–Crippen LogP) is -15.2. The van der Waals surface area contributed by atoms with Crippen LogP contribution in [0.5, 0.6) is 0 Å². The molecule has 0 saturated heterocycles. The van der Waals surface area contributed by atoms with E-state index in [1.165, 1.54) is 0 Å². The molecule has 0 aromatic rings. The summed E-state index contributed by atoms with van der Waals surface area (Å²) in [5.74, 6) is 0. The molecule has 0 aromatic heterocycles. The molecule has 26 heavy (non-hydrogen) atoms. The van der Waals surface area contributed by atoms with Crippen LogP contribution in [-0.4, -0.2) is 36.0 Å². The van der Waals surface area contributed by atoms with Crippen molar-refractivity contribution in [1.82, 2.24) is 0 Å². The summed E-state index contributed by atoms with van der Waals surface area (Å²) in [6.07, 6.45) is -3.34. The zero-order chi connectivity index (χ0) is 17.7. The summed E-state index contributed by atoms with van der Waals surface area (Å²) in [5, 5.41) is 16.5. The van der Waals surface area contributed by atoms with Gasteiger partial charge in [-0.3, -0.25) is 0 Å². The Kier molecular flexibility index (Phi) is 48.9. The summed E-state index contributed by atoms with van der Waals surface area (Å²) in [5.41, 5.74) is 0. The van der Waals surface area contributed by atoms with Crippen molar-refractivity contribution in [2.24, 2.45) is 0 Å².